The average Bonchev–Trinajstić information content (AvgIpc) is 2.54. The van der Waals surface area contributed by atoms with Gasteiger partial charge in [-0.15, -0.1) is 0 Å². The molecule has 3 heteroatoms. The van der Waals surface area contributed by atoms with Gasteiger partial charge in [-0.25, -0.2) is 9.67 Å². The first-order chi connectivity index (χ1) is 5.86. The van der Waals surface area contributed by atoms with Crippen molar-refractivity contribution in [3.63, 3.8) is 0 Å². The smallest absolute Gasteiger partial charge is 0.151 e. The Labute approximate surface area is 70.7 Å². The van der Waals surface area contributed by atoms with Crippen molar-refractivity contribution < 1.29 is 0 Å². The summed E-state index contributed by atoms with van der Waals surface area (Å²) in [6.07, 6.45) is 1.65. The molecule has 0 atom stereocenters. The second-order valence-corrected chi connectivity index (χ2v) is 2.44. The zero-order valence-electron chi connectivity index (χ0n) is 6.51. The number of para-hydroxylation sites is 1. The van der Waals surface area contributed by atoms with Gasteiger partial charge in [-0.2, -0.15) is 5.10 Å². The van der Waals surface area contributed by atoms with Crippen molar-refractivity contribution in [3.8, 4) is 5.69 Å². The maximum atomic E-state index is 4.08. The van der Waals surface area contributed by atoms with Crippen LogP contribution in [-0.2, 0) is 0 Å². The van der Waals surface area contributed by atoms with Crippen molar-refractivity contribution in [1.82, 2.24) is 14.8 Å². The number of benzene rings is 1. The molecule has 0 fully saturated rings. The fraction of sp³-hybridized carbons (Fsp3) is 0. The van der Waals surface area contributed by atoms with Gasteiger partial charge in [0.1, 0.15) is 6.33 Å². The molecule has 0 spiro atoms. The van der Waals surface area contributed by atoms with Crippen LogP contribution in [0.25, 0.3) is 5.69 Å². The van der Waals surface area contributed by atoms with E-state index in [1.165, 1.54) is 0 Å². The molecule has 1 aromatic heterocycles. The van der Waals surface area contributed by atoms with Gasteiger partial charge in [0.05, 0.1) is 5.69 Å². The van der Waals surface area contributed by atoms with Crippen molar-refractivity contribution in [2.45, 2.75) is 0 Å². The molecule has 0 unspecified atom stereocenters. The lowest BCUT2D eigenvalue weighted by atomic mass is 10.3. The highest BCUT2D eigenvalue weighted by molar-refractivity contribution is 5.29. The fourth-order valence-corrected chi connectivity index (χ4v) is 1.00. The predicted octanol–water partition coefficient (Wildman–Crippen LogP) is 1.45. The van der Waals surface area contributed by atoms with Gasteiger partial charge in [-0.1, -0.05) is 18.2 Å². The minimum absolute atomic E-state index is 0.541. The Balaban J connectivity index is 2.45. The van der Waals surface area contributed by atoms with Crippen LogP contribution in [0.15, 0.2) is 36.7 Å². The van der Waals surface area contributed by atoms with Gasteiger partial charge in [-0.05, 0) is 12.1 Å². The third-order valence-corrected chi connectivity index (χ3v) is 1.56. The third kappa shape index (κ3) is 1.21. The summed E-state index contributed by atoms with van der Waals surface area (Å²) in [5, 5.41) is 4.08. The lowest BCUT2D eigenvalue weighted by Gasteiger charge is -1.96. The van der Waals surface area contributed by atoms with Crippen LogP contribution in [0.1, 0.15) is 5.82 Å². The molecule has 2 aromatic rings. The highest BCUT2D eigenvalue weighted by Crippen LogP contribution is 2.03. The third-order valence-electron chi connectivity index (χ3n) is 1.56. The van der Waals surface area contributed by atoms with Crippen molar-refractivity contribution in [2.24, 2.45) is 0 Å². The van der Waals surface area contributed by atoms with Crippen molar-refractivity contribution in [2.75, 3.05) is 0 Å². The van der Waals surface area contributed by atoms with E-state index in [2.05, 4.69) is 17.0 Å². The van der Waals surface area contributed by atoms with Crippen LogP contribution in [-0.4, -0.2) is 14.8 Å². The number of aromatic nitrogens is 3. The molecule has 0 aliphatic heterocycles. The van der Waals surface area contributed by atoms with Gasteiger partial charge < -0.3 is 0 Å². The molecule has 0 saturated carbocycles. The summed E-state index contributed by atoms with van der Waals surface area (Å²) in [5.74, 6) is 0.541. The zero-order chi connectivity index (χ0) is 8.39. The Bertz CT molecular complexity index is 364. The molecular weight excluding hydrogens is 150 g/mol. The van der Waals surface area contributed by atoms with E-state index in [1.54, 1.807) is 11.0 Å². The number of hydrogen-bond donors (Lipinski definition) is 0. The van der Waals surface area contributed by atoms with Crippen LogP contribution < -0.4 is 0 Å². The fourth-order valence-electron chi connectivity index (χ4n) is 1.00. The molecule has 0 bridgehead atoms. The topological polar surface area (TPSA) is 30.7 Å². The zero-order valence-corrected chi connectivity index (χ0v) is 6.51. The molecule has 0 amide bonds. The van der Waals surface area contributed by atoms with E-state index in [1.807, 2.05) is 30.3 Å². The molecule has 0 aliphatic rings. The van der Waals surface area contributed by atoms with Crippen LogP contribution >= 0.6 is 0 Å². The maximum Gasteiger partial charge on any atom is 0.151 e. The highest BCUT2D eigenvalue weighted by atomic mass is 15.3. The molecule has 0 aliphatic carbocycles. The van der Waals surface area contributed by atoms with Gasteiger partial charge in [0.15, 0.2) is 5.82 Å². The molecule has 59 valence electrons. The molecule has 2 rings (SSSR count). The first-order valence-electron chi connectivity index (χ1n) is 3.65. The van der Waals surface area contributed by atoms with Gasteiger partial charge >= 0.3 is 0 Å². The highest BCUT2D eigenvalue weighted by Gasteiger charge is 1.95. The quantitative estimate of drug-likeness (QED) is 0.628. The van der Waals surface area contributed by atoms with Crippen LogP contribution in [0.2, 0.25) is 0 Å². The van der Waals surface area contributed by atoms with Crippen LogP contribution in [0, 0.1) is 6.92 Å². The summed E-state index contributed by atoms with van der Waals surface area (Å²) in [6, 6.07) is 9.81. The van der Waals surface area contributed by atoms with E-state index in [0.29, 0.717) is 5.82 Å². The average molecular weight is 158 g/mol. The number of hydrogen-bond acceptors (Lipinski definition) is 2. The molecule has 0 N–H and O–H groups in total. The first-order valence-corrected chi connectivity index (χ1v) is 3.65. The molecule has 1 aromatic carbocycles. The van der Waals surface area contributed by atoms with E-state index in [4.69, 9.17) is 0 Å². The van der Waals surface area contributed by atoms with Gasteiger partial charge in [0.2, 0.25) is 0 Å². The van der Waals surface area contributed by atoms with Crippen LogP contribution in [0.4, 0.5) is 0 Å². The SMILES string of the molecule is [CH2]c1ncn(-c2ccccc2)n1. The van der Waals surface area contributed by atoms with Gasteiger partial charge in [0, 0.05) is 6.92 Å². The summed E-state index contributed by atoms with van der Waals surface area (Å²) in [6.45, 7) is 3.62. The monoisotopic (exact) mass is 158 g/mol. The predicted molar refractivity (Wildman–Crippen MR) is 45.8 cm³/mol. The van der Waals surface area contributed by atoms with Crippen LogP contribution in [0.3, 0.4) is 0 Å². The Kier molecular flexibility index (Phi) is 1.63. The first kappa shape index (κ1) is 7.03. The van der Waals surface area contributed by atoms with E-state index in [0.717, 1.165) is 5.69 Å². The maximum absolute atomic E-state index is 4.08. The minimum Gasteiger partial charge on any atom is -0.221 e. The lowest BCUT2D eigenvalue weighted by Crippen LogP contribution is -1.93. The van der Waals surface area contributed by atoms with Gasteiger partial charge in [0.25, 0.3) is 0 Å². The second-order valence-electron chi connectivity index (χ2n) is 2.44. The molecule has 12 heavy (non-hydrogen) atoms. The molecule has 3 nitrogen and oxygen atoms in total. The largest absolute Gasteiger partial charge is 0.221 e. The summed E-state index contributed by atoms with van der Waals surface area (Å²) in [5.41, 5.74) is 1.000. The Hall–Kier alpha value is -1.64. The Morgan fingerprint density at radius 1 is 1.17 bits per heavy atom. The molecular formula is C9H8N3. The molecule has 1 heterocycles. The minimum atomic E-state index is 0.541. The Morgan fingerprint density at radius 2 is 1.92 bits per heavy atom. The van der Waals surface area contributed by atoms with Crippen molar-refractivity contribution in [1.29, 1.82) is 0 Å². The van der Waals surface area contributed by atoms with E-state index >= 15 is 0 Å². The van der Waals surface area contributed by atoms with Crippen LogP contribution in [0.5, 0.6) is 0 Å². The molecule has 0 saturated heterocycles. The Morgan fingerprint density at radius 3 is 2.50 bits per heavy atom. The lowest BCUT2D eigenvalue weighted by molar-refractivity contribution is 0.871. The van der Waals surface area contributed by atoms with E-state index in [9.17, 15) is 0 Å². The summed E-state index contributed by atoms with van der Waals surface area (Å²) in [4.78, 5) is 3.93. The van der Waals surface area contributed by atoms with Crippen molar-refractivity contribution >= 4 is 0 Å². The van der Waals surface area contributed by atoms with E-state index < -0.39 is 0 Å². The van der Waals surface area contributed by atoms with Gasteiger partial charge in [-0.3, -0.25) is 0 Å². The normalized spacial score (nSPS) is 10.1. The van der Waals surface area contributed by atoms with E-state index in [-0.39, 0.29) is 0 Å². The summed E-state index contributed by atoms with van der Waals surface area (Å²) in [7, 11) is 0. The summed E-state index contributed by atoms with van der Waals surface area (Å²) >= 11 is 0. The second kappa shape index (κ2) is 2.77. The summed E-state index contributed by atoms with van der Waals surface area (Å²) < 4.78 is 1.70. The standard InChI is InChI=1S/C9H8N3/c1-8-10-7-12(11-8)9-5-3-2-4-6-9/h2-7H,1H2. The molecule has 1 radical (unpaired) electrons. The van der Waals surface area contributed by atoms with Crippen molar-refractivity contribution in [3.05, 3.63) is 49.4 Å². The number of nitrogens with zero attached hydrogens (tertiary/aromatic N) is 3. The number of rotatable bonds is 1.